The van der Waals surface area contributed by atoms with E-state index in [1.54, 1.807) is 6.20 Å². The van der Waals surface area contributed by atoms with Crippen LogP contribution in [0.2, 0.25) is 0 Å². The Balaban J connectivity index is 2.19. The Morgan fingerprint density at radius 2 is 2.27 bits per heavy atom. The minimum atomic E-state index is 0.630. The Kier molecular flexibility index (Phi) is 1.71. The van der Waals surface area contributed by atoms with Crippen molar-refractivity contribution in [3.05, 3.63) is 18.1 Å². The van der Waals surface area contributed by atoms with E-state index >= 15 is 0 Å². The van der Waals surface area contributed by atoms with Crippen LogP contribution in [0, 0.1) is 0 Å². The second-order valence-electron chi connectivity index (χ2n) is 4.27. The standard InChI is InChI=1S/C11H14N4/c1-15-10(7-3-2-4-7)14-9-5-8(12)6-13-11(9)15/h5-7H,2-4,12H2,1H3. The molecule has 0 radical (unpaired) electrons. The summed E-state index contributed by atoms with van der Waals surface area (Å²) in [5, 5.41) is 0. The highest BCUT2D eigenvalue weighted by atomic mass is 15.1. The summed E-state index contributed by atoms with van der Waals surface area (Å²) in [7, 11) is 2.03. The van der Waals surface area contributed by atoms with Crippen LogP contribution >= 0.6 is 0 Å². The second-order valence-corrected chi connectivity index (χ2v) is 4.27. The Bertz CT molecular complexity index is 511. The zero-order valence-corrected chi connectivity index (χ0v) is 8.77. The van der Waals surface area contributed by atoms with E-state index in [1.165, 1.54) is 19.3 Å². The van der Waals surface area contributed by atoms with Crippen LogP contribution in [0.5, 0.6) is 0 Å². The van der Waals surface area contributed by atoms with Gasteiger partial charge in [0, 0.05) is 13.0 Å². The van der Waals surface area contributed by atoms with Crippen molar-refractivity contribution in [1.82, 2.24) is 14.5 Å². The number of aryl methyl sites for hydroxylation is 1. The van der Waals surface area contributed by atoms with Gasteiger partial charge in [-0.3, -0.25) is 0 Å². The maximum Gasteiger partial charge on any atom is 0.159 e. The molecule has 2 aromatic rings. The zero-order chi connectivity index (χ0) is 10.4. The van der Waals surface area contributed by atoms with E-state index in [9.17, 15) is 0 Å². The highest BCUT2D eigenvalue weighted by molar-refractivity contribution is 5.75. The van der Waals surface area contributed by atoms with Crippen molar-refractivity contribution in [3.8, 4) is 0 Å². The summed E-state index contributed by atoms with van der Waals surface area (Å²) in [5.74, 6) is 1.79. The van der Waals surface area contributed by atoms with Gasteiger partial charge in [0.15, 0.2) is 5.65 Å². The quantitative estimate of drug-likeness (QED) is 0.767. The molecule has 78 valence electrons. The highest BCUT2D eigenvalue weighted by Gasteiger charge is 2.24. The summed E-state index contributed by atoms with van der Waals surface area (Å²) >= 11 is 0. The van der Waals surface area contributed by atoms with Crippen molar-refractivity contribution in [2.75, 3.05) is 5.73 Å². The van der Waals surface area contributed by atoms with Gasteiger partial charge in [0.05, 0.1) is 11.9 Å². The summed E-state index contributed by atoms with van der Waals surface area (Å²) in [6.45, 7) is 0. The first-order chi connectivity index (χ1) is 7.25. The number of nitrogens with two attached hydrogens (primary N) is 1. The number of nitrogens with zero attached hydrogens (tertiary/aromatic N) is 3. The molecule has 4 heteroatoms. The van der Waals surface area contributed by atoms with Crippen LogP contribution in [0.15, 0.2) is 12.3 Å². The number of hydrogen-bond acceptors (Lipinski definition) is 3. The molecule has 3 rings (SSSR count). The van der Waals surface area contributed by atoms with Crippen molar-refractivity contribution in [3.63, 3.8) is 0 Å². The minimum absolute atomic E-state index is 0.630. The van der Waals surface area contributed by atoms with Gasteiger partial charge in [-0.05, 0) is 18.9 Å². The lowest BCUT2D eigenvalue weighted by Gasteiger charge is -2.24. The van der Waals surface area contributed by atoms with Crippen LogP contribution < -0.4 is 5.73 Å². The molecule has 1 aliphatic carbocycles. The first kappa shape index (κ1) is 8.71. The molecule has 0 bridgehead atoms. The van der Waals surface area contributed by atoms with Crippen LogP contribution in [0.25, 0.3) is 11.2 Å². The molecule has 1 aliphatic rings. The lowest BCUT2D eigenvalue weighted by molar-refractivity contribution is 0.394. The van der Waals surface area contributed by atoms with Crippen LogP contribution in [0.3, 0.4) is 0 Å². The molecule has 1 fully saturated rings. The Labute approximate surface area is 88.1 Å². The SMILES string of the molecule is Cn1c(C2CCC2)nc2cc(N)cnc21. The van der Waals surface area contributed by atoms with E-state index in [1.807, 2.05) is 13.1 Å². The van der Waals surface area contributed by atoms with Gasteiger partial charge >= 0.3 is 0 Å². The average Bonchev–Trinajstić information content (AvgIpc) is 2.41. The number of nitrogen functional groups attached to an aromatic ring is 1. The molecule has 4 nitrogen and oxygen atoms in total. The van der Waals surface area contributed by atoms with Crippen molar-refractivity contribution in [2.45, 2.75) is 25.2 Å². The lowest BCUT2D eigenvalue weighted by atomic mass is 9.85. The van der Waals surface area contributed by atoms with E-state index in [4.69, 9.17) is 5.73 Å². The van der Waals surface area contributed by atoms with Gasteiger partial charge in [0.25, 0.3) is 0 Å². The normalized spacial score (nSPS) is 16.9. The molecular formula is C11H14N4. The van der Waals surface area contributed by atoms with Gasteiger partial charge in [0.2, 0.25) is 0 Å². The molecule has 0 spiro atoms. The number of aromatic nitrogens is 3. The number of pyridine rings is 1. The monoisotopic (exact) mass is 202 g/mol. The summed E-state index contributed by atoms with van der Waals surface area (Å²) in [4.78, 5) is 8.93. The van der Waals surface area contributed by atoms with Crippen molar-refractivity contribution in [2.24, 2.45) is 7.05 Å². The van der Waals surface area contributed by atoms with Crippen LogP contribution in [-0.2, 0) is 7.05 Å². The number of hydrogen-bond donors (Lipinski definition) is 1. The second kappa shape index (κ2) is 2.95. The topological polar surface area (TPSA) is 56.7 Å². The van der Waals surface area contributed by atoms with E-state index in [-0.39, 0.29) is 0 Å². The summed E-state index contributed by atoms with van der Waals surface area (Å²) in [6.07, 6.45) is 5.53. The third-order valence-electron chi connectivity index (χ3n) is 3.24. The van der Waals surface area contributed by atoms with Crippen LogP contribution in [0.1, 0.15) is 31.0 Å². The Morgan fingerprint density at radius 1 is 1.47 bits per heavy atom. The van der Waals surface area contributed by atoms with Gasteiger partial charge in [-0.15, -0.1) is 0 Å². The van der Waals surface area contributed by atoms with Crippen molar-refractivity contribution < 1.29 is 0 Å². The summed E-state index contributed by atoms with van der Waals surface area (Å²) < 4.78 is 2.10. The van der Waals surface area contributed by atoms with E-state index < -0.39 is 0 Å². The van der Waals surface area contributed by atoms with Gasteiger partial charge in [-0.25, -0.2) is 9.97 Å². The van der Waals surface area contributed by atoms with Crippen molar-refractivity contribution in [1.29, 1.82) is 0 Å². The molecular weight excluding hydrogens is 188 g/mol. The number of fused-ring (bicyclic) bond motifs is 1. The minimum Gasteiger partial charge on any atom is -0.397 e. The molecule has 0 atom stereocenters. The van der Waals surface area contributed by atoms with Gasteiger partial charge in [0.1, 0.15) is 11.3 Å². The Hall–Kier alpha value is -1.58. The maximum absolute atomic E-state index is 5.69. The first-order valence-electron chi connectivity index (χ1n) is 5.33. The largest absolute Gasteiger partial charge is 0.397 e. The van der Waals surface area contributed by atoms with E-state index in [2.05, 4.69) is 14.5 Å². The molecule has 0 amide bonds. The van der Waals surface area contributed by atoms with Gasteiger partial charge in [-0.1, -0.05) is 6.42 Å². The predicted octanol–water partition coefficient (Wildman–Crippen LogP) is 1.82. The number of imidazole rings is 1. The lowest BCUT2D eigenvalue weighted by Crippen LogP contribution is -2.13. The Morgan fingerprint density at radius 3 is 2.93 bits per heavy atom. The molecule has 1 saturated carbocycles. The van der Waals surface area contributed by atoms with Crippen LogP contribution in [-0.4, -0.2) is 14.5 Å². The third kappa shape index (κ3) is 1.21. The van der Waals surface area contributed by atoms with Crippen molar-refractivity contribution >= 4 is 16.9 Å². The smallest absolute Gasteiger partial charge is 0.159 e. The van der Waals surface area contributed by atoms with Gasteiger partial charge in [-0.2, -0.15) is 0 Å². The molecule has 2 N–H and O–H groups in total. The molecule has 0 saturated heterocycles. The molecule has 0 aromatic carbocycles. The van der Waals surface area contributed by atoms with Gasteiger partial charge < -0.3 is 10.3 Å². The fraction of sp³-hybridized carbons (Fsp3) is 0.455. The average molecular weight is 202 g/mol. The summed E-state index contributed by atoms with van der Waals surface area (Å²) in [6, 6.07) is 1.89. The first-order valence-corrected chi connectivity index (χ1v) is 5.33. The van der Waals surface area contributed by atoms with Crippen LogP contribution in [0.4, 0.5) is 5.69 Å². The fourth-order valence-electron chi connectivity index (χ4n) is 2.14. The molecule has 2 aromatic heterocycles. The summed E-state index contributed by atoms with van der Waals surface area (Å²) in [5.41, 5.74) is 8.23. The zero-order valence-electron chi connectivity index (χ0n) is 8.77. The predicted molar refractivity (Wildman–Crippen MR) is 59.5 cm³/mol. The molecule has 2 heterocycles. The number of anilines is 1. The third-order valence-corrected chi connectivity index (χ3v) is 3.24. The highest BCUT2D eigenvalue weighted by Crippen LogP contribution is 2.36. The number of rotatable bonds is 1. The molecule has 0 aliphatic heterocycles. The maximum atomic E-state index is 5.69. The molecule has 15 heavy (non-hydrogen) atoms. The molecule has 0 unspecified atom stereocenters. The van der Waals surface area contributed by atoms with E-state index in [0.717, 1.165) is 17.0 Å². The fourth-order valence-corrected chi connectivity index (χ4v) is 2.14. The van der Waals surface area contributed by atoms with E-state index in [0.29, 0.717) is 11.6 Å².